The van der Waals surface area contributed by atoms with Crippen LogP contribution in [0.3, 0.4) is 0 Å². The van der Waals surface area contributed by atoms with Crippen LogP contribution in [-0.2, 0) is 14.8 Å². The zero-order valence-corrected chi connectivity index (χ0v) is 19.9. The second-order valence-corrected chi connectivity index (χ2v) is 10.2. The van der Waals surface area contributed by atoms with Crippen LogP contribution < -0.4 is 14.8 Å². The van der Waals surface area contributed by atoms with Crippen LogP contribution in [0, 0.1) is 12.7 Å². The number of ether oxygens (including phenoxy) is 2. The van der Waals surface area contributed by atoms with Gasteiger partial charge in [-0.15, -0.1) is 0 Å². The van der Waals surface area contributed by atoms with Gasteiger partial charge < -0.3 is 19.8 Å². The monoisotopic (exact) mass is 487 g/mol. The molecule has 9 nitrogen and oxygen atoms in total. The van der Waals surface area contributed by atoms with E-state index in [0.717, 1.165) is 11.9 Å². The second-order valence-electron chi connectivity index (χ2n) is 8.32. The molecule has 2 heterocycles. The summed E-state index contributed by atoms with van der Waals surface area (Å²) < 4.78 is 50.9. The molecule has 0 bridgehead atoms. The predicted molar refractivity (Wildman–Crippen MR) is 128 cm³/mol. The standard InChI is InChI=1S/C23H26FN5O4S/c1-15-13-17-18(27-15)6-7-19(21(17)24)33-20-8-10-25-22(28-20)29-23(2)9-4-5-16(14-23)32-12-11-26-34(3,30)31/h4-8,10,13-14,26-27H,9,11-12H2,1-3H3,(H,25,28,29). The molecule has 4 rings (SSSR count). The van der Waals surface area contributed by atoms with Crippen molar-refractivity contribution in [2.75, 3.05) is 24.7 Å². The highest BCUT2D eigenvalue weighted by molar-refractivity contribution is 7.88. The summed E-state index contributed by atoms with van der Waals surface area (Å²) in [5.41, 5.74) is 1.000. The highest BCUT2D eigenvalue weighted by atomic mass is 32.2. The third-order valence-corrected chi connectivity index (χ3v) is 5.83. The Hall–Kier alpha value is -3.44. The van der Waals surface area contributed by atoms with Gasteiger partial charge in [-0.1, -0.05) is 6.08 Å². The van der Waals surface area contributed by atoms with Gasteiger partial charge in [0.2, 0.25) is 21.9 Å². The van der Waals surface area contributed by atoms with Crippen molar-refractivity contribution in [3.63, 3.8) is 0 Å². The lowest BCUT2D eigenvalue weighted by Gasteiger charge is -2.29. The molecule has 2 aromatic heterocycles. The topological polar surface area (TPSA) is 118 Å². The van der Waals surface area contributed by atoms with Gasteiger partial charge in [-0.25, -0.2) is 22.5 Å². The first-order valence-electron chi connectivity index (χ1n) is 10.6. The molecular weight excluding hydrogens is 461 g/mol. The number of nitrogens with one attached hydrogen (secondary N) is 3. The maximum atomic E-state index is 14.9. The Morgan fingerprint density at radius 1 is 1.29 bits per heavy atom. The van der Waals surface area contributed by atoms with E-state index in [-0.39, 0.29) is 24.8 Å². The van der Waals surface area contributed by atoms with Crippen LogP contribution in [-0.4, -0.2) is 48.3 Å². The summed E-state index contributed by atoms with van der Waals surface area (Å²) in [5, 5.41) is 3.71. The maximum absolute atomic E-state index is 14.9. The van der Waals surface area contributed by atoms with Crippen molar-refractivity contribution in [2.45, 2.75) is 25.8 Å². The van der Waals surface area contributed by atoms with Crippen LogP contribution >= 0.6 is 0 Å². The number of sulfonamides is 1. The van der Waals surface area contributed by atoms with Gasteiger partial charge in [0, 0.05) is 35.4 Å². The van der Waals surface area contributed by atoms with Crippen molar-refractivity contribution >= 4 is 26.9 Å². The molecule has 0 saturated heterocycles. The maximum Gasteiger partial charge on any atom is 0.226 e. The molecule has 0 saturated carbocycles. The minimum absolute atomic E-state index is 0.0706. The molecule has 34 heavy (non-hydrogen) atoms. The van der Waals surface area contributed by atoms with Crippen molar-refractivity contribution in [2.24, 2.45) is 0 Å². The van der Waals surface area contributed by atoms with Gasteiger partial charge in [0.05, 0.1) is 11.8 Å². The van der Waals surface area contributed by atoms with E-state index < -0.39 is 21.4 Å². The number of hydrogen-bond donors (Lipinski definition) is 3. The van der Waals surface area contributed by atoms with Gasteiger partial charge in [-0.3, -0.25) is 0 Å². The summed E-state index contributed by atoms with van der Waals surface area (Å²) in [6.45, 7) is 4.17. The van der Waals surface area contributed by atoms with Crippen molar-refractivity contribution in [3.05, 3.63) is 66.0 Å². The average molecular weight is 488 g/mol. The number of allylic oxidation sites excluding steroid dienone is 1. The zero-order chi connectivity index (χ0) is 24.3. The fraction of sp³-hybridized carbons (Fsp3) is 0.304. The van der Waals surface area contributed by atoms with Gasteiger partial charge >= 0.3 is 0 Å². The lowest BCUT2D eigenvalue weighted by Crippen LogP contribution is -2.34. The molecule has 1 aliphatic carbocycles. The van der Waals surface area contributed by atoms with E-state index in [4.69, 9.17) is 9.47 Å². The molecular formula is C23H26FN5O4S. The number of aryl methyl sites for hydroxylation is 1. The number of halogens is 1. The van der Waals surface area contributed by atoms with E-state index in [1.165, 1.54) is 6.20 Å². The molecule has 180 valence electrons. The molecule has 0 amide bonds. The number of fused-ring (bicyclic) bond motifs is 1. The highest BCUT2D eigenvalue weighted by Crippen LogP contribution is 2.31. The first-order chi connectivity index (χ1) is 16.1. The molecule has 3 aromatic rings. The minimum Gasteiger partial charge on any atom is -0.492 e. The van der Waals surface area contributed by atoms with Crippen molar-refractivity contribution < 1.29 is 22.3 Å². The van der Waals surface area contributed by atoms with Crippen LogP contribution in [0.15, 0.2) is 54.4 Å². The zero-order valence-electron chi connectivity index (χ0n) is 19.1. The van der Waals surface area contributed by atoms with Gasteiger partial charge in [0.15, 0.2) is 11.6 Å². The fourth-order valence-electron chi connectivity index (χ4n) is 3.61. The molecule has 11 heteroatoms. The molecule has 1 aliphatic rings. The Morgan fingerprint density at radius 2 is 2.12 bits per heavy atom. The summed E-state index contributed by atoms with van der Waals surface area (Å²) >= 11 is 0. The van der Waals surface area contributed by atoms with Gasteiger partial charge in [0.1, 0.15) is 12.4 Å². The van der Waals surface area contributed by atoms with Crippen LogP contribution in [0.2, 0.25) is 0 Å². The third kappa shape index (κ3) is 5.91. The van der Waals surface area contributed by atoms with Crippen molar-refractivity contribution in [1.29, 1.82) is 0 Å². The number of anilines is 1. The van der Waals surface area contributed by atoms with E-state index in [0.29, 0.717) is 29.0 Å². The summed E-state index contributed by atoms with van der Waals surface area (Å²) in [4.78, 5) is 11.7. The van der Waals surface area contributed by atoms with Crippen LogP contribution in [0.5, 0.6) is 11.6 Å². The number of aromatic amines is 1. The quantitative estimate of drug-likeness (QED) is 0.393. The SMILES string of the molecule is Cc1cc2c(F)c(Oc3ccnc(NC4(C)C=C(OCCNS(C)(=O)=O)C=CC4)n3)ccc2[nH]1. The van der Waals surface area contributed by atoms with E-state index in [9.17, 15) is 12.8 Å². The Balaban J connectivity index is 1.44. The molecule has 0 spiro atoms. The number of hydrogen-bond acceptors (Lipinski definition) is 7. The van der Waals surface area contributed by atoms with Crippen molar-refractivity contribution in [3.8, 4) is 11.6 Å². The number of rotatable bonds is 9. The molecule has 1 atom stereocenters. The molecule has 3 N–H and O–H groups in total. The van der Waals surface area contributed by atoms with Crippen LogP contribution in [0.4, 0.5) is 10.3 Å². The van der Waals surface area contributed by atoms with E-state index in [1.807, 2.05) is 32.1 Å². The van der Waals surface area contributed by atoms with Gasteiger partial charge in [-0.05, 0) is 50.6 Å². The first-order valence-corrected chi connectivity index (χ1v) is 12.5. The predicted octanol–water partition coefficient (Wildman–Crippen LogP) is 3.78. The Kier molecular flexibility index (Phi) is 6.58. The normalized spacial score (nSPS) is 18.1. The van der Waals surface area contributed by atoms with E-state index in [2.05, 4.69) is 25.0 Å². The average Bonchev–Trinajstić information content (AvgIpc) is 3.14. The third-order valence-electron chi connectivity index (χ3n) is 5.10. The smallest absolute Gasteiger partial charge is 0.226 e. The molecule has 0 radical (unpaired) electrons. The number of aromatic nitrogens is 3. The molecule has 0 fully saturated rings. The molecule has 1 aromatic carbocycles. The summed E-state index contributed by atoms with van der Waals surface area (Å²) in [6, 6.07) is 6.60. The summed E-state index contributed by atoms with van der Waals surface area (Å²) in [5.74, 6) is 0.714. The van der Waals surface area contributed by atoms with Gasteiger partial charge in [-0.2, -0.15) is 4.98 Å². The summed E-state index contributed by atoms with van der Waals surface area (Å²) in [6.07, 6.45) is 8.92. The first kappa shape index (κ1) is 23.7. The highest BCUT2D eigenvalue weighted by Gasteiger charge is 2.25. The van der Waals surface area contributed by atoms with Crippen LogP contribution in [0.25, 0.3) is 10.9 Å². The van der Waals surface area contributed by atoms with E-state index in [1.54, 1.807) is 24.3 Å². The lowest BCUT2D eigenvalue weighted by molar-refractivity contribution is 0.225. The number of nitrogens with zero attached hydrogens (tertiary/aromatic N) is 2. The van der Waals surface area contributed by atoms with E-state index >= 15 is 0 Å². The number of H-pyrrole nitrogens is 1. The fourth-order valence-corrected chi connectivity index (χ4v) is 4.06. The molecule has 0 aliphatic heterocycles. The van der Waals surface area contributed by atoms with Crippen molar-refractivity contribution in [1.82, 2.24) is 19.7 Å². The Bertz CT molecular complexity index is 1370. The Labute approximate surface area is 197 Å². The Morgan fingerprint density at radius 3 is 2.91 bits per heavy atom. The van der Waals surface area contributed by atoms with Crippen LogP contribution in [0.1, 0.15) is 19.0 Å². The largest absolute Gasteiger partial charge is 0.492 e. The second kappa shape index (κ2) is 9.43. The lowest BCUT2D eigenvalue weighted by atomic mass is 9.93. The van der Waals surface area contributed by atoms with Gasteiger partial charge in [0.25, 0.3) is 0 Å². The molecule has 1 unspecified atom stereocenters. The minimum atomic E-state index is -3.26. The number of benzene rings is 1. The summed E-state index contributed by atoms with van der Waals surface area (Å²) in [7, 11) is -3.26.